The molecule has 104 valence electrons. The molecule has 0 fully saturated rings. The summed E-state index contributed by atoms with van der Waals surface area (Å²) in [4.78, 5) is 0. The Bertz CT molecular complexity index is 621. The molecule has 0 saturated carbocycles. The molecule has 2 aromatic carbocycles. The lowest BCUT2D eigenvalue weighted by Gasteiger charge is -2.15. The smallest absolute Gasteiger partial charge is 0.192 e. The zero-order valence-corrected chi connectivity index (χ0v) is 13.6. The van der Waals surface area contributed by atoms with E-state index < -0.39 is 0 Å². The van der Waals surface area contributed by atoms with E-state index in [1.807, 2.05) is 12.1 Å². The van der Waals surface area contributed by atoms with E-state index in [9.17, 15) is 4.57 Å². The predicted molar refractivity (Wildman–Crippen MR) is 86.5 cm³/mol. The molecule has 0 amide bonds. The number of hydrogen-bond acceptors (Lipinski definition) is 1. The van der Waals surface area contributed by atoms with Crippen molar-refractivity contribution in [2.24, 2.45) is 0 Å². The molecule has 0 spiro atoms. The van der Waals surface area contributed by atoms with Gasteiger partial charge in [-0.25, -0.2) is 0 Å². The van der Waals surface area contributed by atoms with Crippen LogP contribution in [-0.4, -0.2) is 0 Å². The normalized spacial score (nSPS) is 11.0. The van der Waals surface area contributed by atoms with Crippen molar-refractivity contribution in [3.05, 3.63) is 63.7 Å². The Hall–Kier alpha value is -1.46. The van der Waals surface area contributed by atoms with Crippen molar-refractivity contribution in [1.82, 2.24) is 0 Å². The summed E-state index contributed by atoms with van der Waals surface area (Å²) in [6.45, 7) is 8.61. The highest BCUT2D eigenvalue weighted by Gasteiger charge is 2.12. The molecule has 0 aromatic heterocycles. The SMILES string of the molecule is CCc1cccc(P=O)c1Cc1c(C)cc(C)cc1C. The van der Waals surface area contributed by atoms with Crippen LogP contribution in [0.15, 0.2) is 30.3 Å². The second kappa shape index (κ2) is 6.33. The number of rotatable bonds is 4. The largest absolute Gasteiger partial charge is 0.269 e. The van der Waals surface area contributed by atoms with Crippen molar-refractivity contribution in [1.29, 1.82) is 0 Å². The average Bonchev–Trinajstić information content (AvgIpc) is 2.42. The third-order valence-electron chi connectivity index (χ3n) is 3.92. The predicted octanol–water partition coefficient (Wildman–Crippen LogP) is 4.68. The molecule has 0 heterocycles. The van der Waals surface area contributed by atoms with E-state index in [2.05, 4.69) is 45.9 Å². The monoisotopic (exact) mass is 284 g/mol. The van der Waals surface area contributed by atoms with Gasteiger partial charge in [-0.05, 0) is 67.5 Å². The van der Waals surface area contributed by atoms with Gasteiger partial charge in [0.25, 0.3) is 0 Å². The fourth-order valence-electron chi connectivity index (χ4n) is 2.91. The molecule has 0 aliphatic rings. The molecule has 0 N–H and O–H groups in total. The maximum absolute atomic E-state index is 11.4. The zero-order valence-electron chi connectivity index (χ0n) is 12.7. The van der Waals surface area contributed by atoms with Crippen LogP contribution >= 0.6 is 8.46 Å². The number of hydrogen-bond donors (Lipinski definition) is 0. The minimum absolute atomic E-state index is 0.115. The van der Waals surface area contributed by atoms with Crippen LogP contribution in [0.2, 0.25) is 0 Å². The van der Waals surface area contributed by atoms with Gasteiger partial charge in [-0.15, -0.1) is 0 Å². The third-order valence-corrected chi connectivity index (χ3v) is 4.54. The summed E-state index contributed by atoms with van der Waals surface area (Å²) in [5.74, 6) is 0. The Kier molecular flexibility index (Phi) is 4.73. The highest BCUT2D eigenvalue weighted by Crippen LogP contribution is 2.22. The Morgan fingerprint density at radius 2 is 1.65 bits per heavy atom. The van der Waals surface area contributed by atoms with E-state index in [0.717, 1.165) is 18.1 Å². The summed E-state index contributed by atoms with van der Waals surface area (Å²) >= 11 is 0. The standard InChI is InChI=1S/C18H21OP/c1-5-15-7-6-8-18(20-19)17(15)11-16-13(3)9-12(2)10-14(16)4/h6-10H,5,11H2,1-4H3. The average molecular weight is 284 g/mol. The van der Waals surface area contributed by atoms with E-state index in [-0.39, 0.29) is 8.46 Å². The topological polar surface area (TPSA) is 17.1 Å². The van der Waals surface area contributed by atoms with E-state index in [0.29, 0.717) is 0 Å². The van der Waals surface area contributed by atoms with Crippen LogP contribution < -0.4 is 5.30 Å². The van der Waals surface area contributed by atoms with Crippen LogP contribution in [-0.2, 0) is 17.4 Å². The lowest BCUT2D eigenvalue weighted by Crippen LogP contribution is -2.09. The molecule has 0 aliphatic carbocycles. The van der Waals surface area contributed by atoms with Gasteiger partial charge < -0.3 is 0 Å². The Morgan fingerprint density at radius 1 is 1.00 bits per heavy atom. The van der Waals surface area contributed by atoms with Crippen LogP contribution in [0.5, 0.6) is 0 Å². The minimum Gasteiger partial charge on any atom is -0.269 e. The first-order chi connectivity index (χ1) is 9.56. The van der Waals surface area contributed by atoms with Gasteiger partial charge in [-0.2, -0.15) is 0 Å². The molecule has 2 heteroatoms. The first kappa shape index (κ1) is 14.9. The van der Waals surface area contributed by atoms with Crippen LogP contribution in [0, 0.1) is 20.8 Å². The second-order valence-electron chi connectivity index (χ2n) is 5.41. The van der Waals surface area contributed by atoms with Crippen molar-refractivity contribution in [3.8, 4) is 0 Å². The second-order valence-corrected chi connectivity index (χ2v) is 6.08. The maximum Gasteiger partial charge on any atom is 0.192 e. The van der Waals surface area contributed by atoms with Crippen molar-refractivity contribution >= 4 is 13.8 Å². The third kappa shape index (κ3) is 2.99. The van der Waals surface area contributed by atoms with Gasteiger partial charge in [0.15, 0.2) is 8.46 Å². The molecule has 2 rings (SSSR count). The lowest BCUT2D eigenvalue weighted by molar-refractivity contribution is 0.603. The van der Waals surface area contributed by atoms with E-state index in [1.54, 1.807) is 0 Å². The highest BCUT2D eigenvalue weighted by atomic mass is 31.1. The molecule has 20 heavy (non-hydrogen) atoms. The fourth-order valence-corrected chi connectivity index (χ4v) is 3.39. The number of aryl methyl sites for hydroxylation is 4. The van der Waals surface area contributed by atoms with Crippen LogP contribution in [0.3, 0.4) is 0 Å². The highest BCUT2D eigenvalue weighted by molar-refractivity contribution is 7.34. The maximum atomic E-state index is 11.4. The van der Waals surface area contributed by atoms with Crippen LogP contribution in [0.4, 0.5) is 0 Å². The fraction of sp³-hybridized carbons (Fsp3) is 0.333. The van der Waals surface area contributed by atoms with Crippen LogP contribution in [0.25, 0.3) is 0 Å². The summed E-state index contributed by atoms with van der Waals surface area (Å²) in [6.07, 6.45) is 1.84. The molecular formula is C18H21OP. The summed E-state index contributed by atoms with van der Waals surface area (Å²) < 4.78 is 11.4. The molecule has 1 nitrogen and oxygen atoms in total. The first-order valence-corrected chi connectivity index (χ1v) is 7.89. The zero-order chi connectivity index (χ0) is 14.7. The Labute approximate surface area is 123 Å². The van der Waals surface area contributed by atoms with Crippen molar-refractivity contribution < 1.29 is 4.57 Å². The van der Waals surface area contributed by atoms with Crippen LogP contribution in [0.1, 0.15) is 40.3 Å². The summed E-state index contributed by atoms with van der Waals surface area (Å²) in [6, 6.07) is 10.6. The van der Waals surface area contributed by atoms with Gasteiger partial charge in [0.05, 0.1) is 0 Å². The quantitative estimate of drug-likeness (QED) is 0.745. The molecule has 0 unspecified atom stereocenters. The summed E-state index contributed by atoms with van der Waals surface area (Å²) in [7, 11) is 0.115. The summed E-state index contributed by atoms with van der Waals surface area (Å²) in [5, 5.41) is 0.920. The molecule has 0 bridgehead atoms. The van der Waals surface area contributed by atoms with Crippen molar-refractivity contribution in [2.45, 2.75) is 40.5 Å². The molecule has 0 aliphatic heterocycles. The van der Waals surface area contributed by atoms with Gasteiger partial charge >= 0.3 is 0 Å². The molecule has 0 atom stereocenters. The minimum atomic E-state index is 0.115. The van der Waals surface area contributed by atoms with Gasteiger partial charge in [-0.1, -0.05) is 36.8 Å². The van der Waals surface area contributed by atoms with Gasteiger partial charge in [0, 0.05) is 5.30 Å². The first-order valence-electron chi connectivity index (χ1n) is 7.07. The van der Waals surface area contributed by atoms with E-state index in [4.69, 9.17) is 0 Å². The Morgan fingerprint density at radius 3 is 2.20 bits per heavy atom. The summed E-state index contributed by atoms with van der Waals surface area (Å²) in [5.41, 5.74) is 7.83. The lowest BCUT2D eigenvalue weighted by atomic mass is 9.91. The van der Waals surface area contributed by atoms with E-state index in [1.165, 1.54) is 33.4 Å². The molecule has 0 saturated heterocycles. The molecule has 0 radical (unpaired) electrons. The Balaban J connectivity index is 2.52. The van der Waals surface area contributed by atoms with Gasteiger partial charge in [0.1, 0.15) is 0 Å². The van der Waals surface area contributed by atoms with Gasteiger partial charge in [-0.3, -0.25) is 4.57 Å². The van der Waals surface area contributed by atoms with E-state index >= 15 is 0 Å². The molecular weight excluding hydrogens is 263 g/mol. The van der Waals surface area contributed by atoms with Crippen molar-refractivity contribution in [3.63, 3.8) is 0 Å². The van der Waals surface area contributed by atoms with Crippen molar-refractivity contribution in [2.75, 3.05) is 0 Å². The number of benzene rings is 2. The molecule has 2 aromatic rings. The van der Waals surface area contributed by atoms with Gasteiger partial charge in [0.2, 0.25) is 0 Å².